The van der Waals surface area contributed by atoms with Crippen molar-refractivity contribution in [2.75, 3.05) is 25.0 Å². The largest absolute Gasteiger partial charge is 0.276 e. The quantitative estimate of drug-likeness (QED) is 0.626. The van der Waals surface area contributed by atoms with E-state index in [-0.39, 0.29) is 5.83 Å². The zero-order valence-electron chi connectivity index (χ0n) is 8.44. The number of halogens is 2. The van der Waals surface area contributed by atoms with E-state index in [1.807, 2.05) is 25.0 Å². The minimum atomic E-state index is -2.26. The smallest absolute Gasteiger partial charge is 0.141 e. The normalized spacial score (nSPS) is 40.2. The Kier molecular flexibility index (Phi) is 1.33. The van der Waals surface area contributed by atoms with Crippen LogP contribution in [0.15, 0.2) is 23.6 Å². The van der Waals surface area contributed by atoms with Gasteiger partial charge in [-0.25, -0.2) is 8.78 Å². The lowest BCUT2D eigenvalue weighted by Crippen LogP contribution is -2.60. The zero-order valence-corrected chi connectivity index (χ0v) is 9.33. The van der Waals surface area contributed by atoms with Crippen molar-refractivity contribution in [1.29, 1.82) is 0 Å². The zero-order chi connectivity index (χ0) is 10.1. The van der Waals surface area contributed by atoms with Gasteiger partial charge in [0.1, 0.15) is 12.0 Å². The minimum absolute atomic E-state index is 0.245. The third-order valence-corrected chi connectivity index (χ3v) is 6.76. The van der Waals surface area contributed by atoms with Gasteiger partial charge in [-0.1, -0.05) is 0 Å². The van der Waals surface area contributed by atoms with Gasteiger partial charge in [-0.2, -0.15) is 0 Å². The van der Waals surface area contributed by atoms with Crippen molar-refractivity contribution >= 4 is 9.16 Å². The summed E-state index contributed by atoms with van der Waals surface area (Å²) < 4.78 is 26.2. The van der Waals surface area contributed by atoms with Crippen LogP contribution < -0.4 is 0 Å². The molecular weight excluding hydrogens is 190 g/mol. The highest BCUT2D eigenvalue weighted by Crippen LogP contribution is 2.79. The number of rotatable bonds is 1. The number of alkyl halides is 1. The van der Waals surface area contributed by atoms with E-state index in [0.717, 1.165) is 5.57 Å². The van der Waals surface area contributed by atoms with Crippen LogP contribution in [-0.2, 0) is 0 Å². The fraction of sp³-hybridized carbons (Fsp3) is 0.600. The molecule has 0 aromatic heterocycles. The summed E-state index contributed by atoms with van der Waals surface area (Å²) >= 11 is 0. The molecule has 0 amide bonds. The topological polar surface area (TPSA) is 0 Å². The van der Waals surface area contributed by atoms with Crippen LogP contribution in [0.2, 0.25) is 0 Å². The first-order chi connectivity index (χ1) is 5.67. The highest BCUT2D eigenvalue weighted by molar-refractivity contribution is 8.49. The van der Waals surface area contributed by atoms with Gasteiger partial charge in [0.25, 0.3) is 0 Å². The van der Waals surface area contributed by atoms with Crippen LogP contribution >= 0.6 is 9.16 Å². The van der Waals surface area contributed by atoms with Gasteiger partial charge >= 0.3 is 0 Å². The lowest BCUT2D eigenvalue weighted by atomic mass is 9.72. The Hall–Kier alpha value is -0.310. The maximum atomic E-state index is 13.5. The average molecular weight is 206 g/mol. The van der Waals surface area contributed by atoms with E-state index >= 15 is 0 Å². The first-order valence-corrected chi connectivity index (χ1v) is 8.43. The molecule has 0 aromatic rings. The highest BCUT2D eigenvalue weighted by Gasteiger charge is 2.66. The summed E-state index contributed by atoms with van der Waals surface area (Å²) in [5, 5.41) is 0. The van der Waals surface area contributed by atoms with E-state index in [4.69, 9.17) is 0 Å². The van der Waals surface area contributed by atoms with Crippen LogP contribution in [0.1, 0.15) is 0 Å². The molecule has 2 atom stereocenters. The Bertz CT molecular complexity index is 336. The fourth-order valence-corrected chi connectivity index (χ4v) is 5.65. The number of hydrogen-bond donors (Lipinski definition) is 1. The fourth-order valence-electron chi connectivity index (χ4n) is 2.50. The second kappa shape index (κ2) is 1.88. The second-order valence-corrected chi connectivity index (χ2v) is 13.7. The Morgan fingerprint density at radius 2 is 1.85 bits per heavy atom. The van der Waals surface area contributed by atoms with Crippen LogP contribution in [0.4, 0.5) is 8.78 Å². The highest BCUT2D eigenvalue weighted by atomic mass is 32.3. The van der Waals surface area contributed by atoms with Gasteiger partial charge < -0.3 is 0 Å². The Morgan fingerprint density at radius 1 is 1.31 bits per heavy atom. The first kappa shape index (κ1) is 9.25. The van der Waals surface area contributed by atoms with E-state index in [9.17, 15) is 8.78 Å². The molecular formula is C10H16F2S. The van der Waals surface area contributed by atoms with Crippen LogP contribution in [-0.4, -0.2) is 35.9 Å². The van der Waals surface area contributed by atoms with Crippen molar-refractivity contribution in [3.05, 3.63) is 23.6 Å². The summed E-state index contributed by atoms with van der Waals surface area (Å²) in [6.07, 6.45) is 10.0. The van der Waals surface area contributed by atoms with Gasteiger partial charge in [-0.05, 0) is 42.7 Å². The van der Waals surface area contributed by atoms with Crippen molar-refractivity contribution in [2.24, 2.45) is 0 Å². The molecule has 0 aliphatic heterocycles. The number of hydrogen-bond acceptors (Lipinski definition) is 0. The van der Waals surface area contributed by atoms with Crippen LogP contribution in [0.3, 0.4) is 0 Å². The predicted molar refractivity (Wildman–Crippen MR) is 57.6 cm³/mol. The van der Waals surface area contributed by atoms with E-state index in [2.05, 4.69) is 0 Å². The number of allylic oxidation sites excluding steroid dienone is 2. The van der Waals surface area contributed by atoms with Crippen molar-refractivity contribution < 1.29 is 8.78 Å². The third kappa shape index (κ3) is 0.773. The van der Waals surface area contributed by atoms with Gasteiger partial charge in [0.05, 0.1) is 4.75 Å². The van der Waals surface area contributed by atoms with E-state index in [1.54, 1.807) is 0 Å². The molecule has 0 spiro atoms. The maximum absolute atomic E-state index is 13.5. The molecule has 2 unspecified atom stereocenters. The third-order valence-electron chi connectivity index (χ3n) is 3.22. The van der Waals surface area contributed by atoms with Gasteiger partial charge in [0, 0.05) is 0 Å². The molecule has 2 rings (SSSR count). The lowest BCUT2D eigenvalue weighted by Gasteiger charge is -2.69. The molecule has 2 aliphatic carbocycles. The van der Waals surface area contributed by atoms with Gasteiger partial charge in [0.15, 0.2) is 0 Å². The molecule has 2 aliphatic rings. The number of thiol groups is 1. The van der Waals surface area contributed by atoms with Crippen LogP contribution in [0.25, 0.3) is 0 Å². The molecule has 0 aromatic carbocycles. The molecule has 0 radical (unpaired) electrons. The van der Waals surface area contributed by atoms with Gasteiger partial charge in [-0.3, -0.25) is 9.16 Å². The van der Waals surface area contributed by atoms with Crippen LogP contribution in [0, 0.1) is 0 Å². The molecule has 0 saturated heterocycles. The Balaban J connectivity index is 2.57. The van der Waals surface area contributed by atoms with Crippen molar-refractivity contribution in [1.82, 2.24) is 0 Å². The molecule has 13 heavy (non-hydrogen) atoms. The SMILES string of the molecule is C[SH](C)(C)(C)C12C(F)=CC1=CC2F. The number of fused-ring (bicyclic) bond motifs is 1. The molecule has 0 heterocycles. The summed E-state index contributed by atoms with van der Waals surface area (Å²) in [5.74, 6) is -0.245. The average Bonchev–Trinajstić information content (AvgIpc) is 1.79. The monoisotopic (exact) mass is 206 g/mol. The summed E-state index contributed by atoms with van der Waals surface area (Å²) in [6.45, 7) is 0. The maximum Gasteiger partial charge on any atom is 0.141 e. The Morgan fingerprint density at radius 3 is 2.00 bits per heavy atom. The van der Waals surface area contributed by atoms with Crippen molar-refractivity contribution in [3.63, 3.8) is 0 Å². The van der Waals surface area contributed by atoms with Crippen molar-refractivity contribution in [2.45, 2.75) is 10.9 Å². The molecule has 0 saturated carbocycles. The summed E-state index contributed by atoms with van der Waals surface area (Å²) in [6, 6.07) is 0. The van der Waals surface area contributed by atoms with E-state index in [0.29, 0.717) is 0 Å². The molecule has 0 bridgehead atoms. The first-order valence-electron chi connectivity index (χ1n) is 4.41. The minimum Gasteiger partial charge on any atom is -0.276 e. The molecule has 0 N–H and O–H groups in total. The van der Waals surface area contributed by atoms with Crippen molar-refractivity contribution in [3.8, 4) is 0 Å². The second-order valence-electron chi connectivity index (χ2n) is 5.86. The molecule has 3 heteroatoms. The van der Waals surface area contributed by atoms with Gasteiger partial charge in [-0.15, -0.1) is 0 Å². The lowest BCUT2D eigenvalue weighted by molar-refractivity contribution is 0.280. The van der Waals surface area contributed by atoms with Crippen LogP contribution in [0.5, 0.6) is 0 Å². The van der Waals surface area contributed by atoms with E-state index in [1.165, 1.54) is 12.2 Å². The van der Waals surface area contributed by atoms with Gasteiger partial charge in [0.2, 0.25) is 0 Å². The summed E-state index contributed by atoms with van der Waals surface area (Å²) in [5.41, 5.74) is 0.880. The standard InChI is InChI=1S/C10H16F2S/c1-13(2,3,4)10-7(5-8(10)11)6-9(10)12/h5-6,8,13H,1-4H3. The summed E-state index contributed by atoms with van der Waals surface area (Å²) in [7, 11) is -2.26. The van der Waals surface area contributed by atoms with E-state index < -0.39 is 20.1 Å². The predicted octanol–water partition coefficient (Wildman–Crippen LogP) is 2.46. The molecule has 0 nitrogen and oxygen atoms in total. The molecule has 76 valence electrons. The summed E-state index contributed by atoms with van der Waals surface area (Å²) in [4.78, 5) is 0. The molecule has 0 fully saturated rings. The Labute approximate surface area is 78.0 Å².